The van der Waals surface area contributed by atoms with Crippen LogP contribution in [0.5, 0.6) is 0 Å². The number of imidazole rings is 1. The van der Waals surface area contributed by atoms with Gasteiger partial charge in [0.25, 0.3) is 5.91 Å². The maximum Gasteiger partial charge on any atom is 0.408 e. The van der Waals surface area contributed by atoms with E-state index in [1.54, 1.807) is 17.8 Å². The molecule has 13 nitrogen and oxygen atoms in total. The summed E-state index contributed by atoms with van der Waals surface area (Å²) >= 11 is 4.21. The molecule has 0 saturated heterocycles. The van der Waals surface area contributed by atoms with Crippen LogP contribution in [0.2, 0.25) is 0 Å². The number of hydrogen-bond acceptors (Lipinski definition) is 10. The van der Waals surface area contributed by atoms with E-state index in [1.807, 2.05) is 44.2 Å². The highest BCUT2D eigenvalue weighted by Crippen LogP contribution is 2.20. The smallest absolute Gasteiger partial charge is 0.408 e. The molecule has 1 aromatic carbocycles. The van der Waals surface area contributed by atoms with Crippen LogP contribution in [0.25, 0.3) is 11.2 Å². The Bertz CT molecular complexity index is 1320. The van der Waals surface area contributed by atoms with Gasteiger partial charge in [0.05, 0.1) is 12.4 Å². The molecule has 0 spiro atoms. The molecule has 222 valence electrons. The number of aromatic nitrogens is 4. The van der Waals surface area contributed by atoms with Crippen LogP contribution in [0.1, 0.15) is 45.6 Å². The average Bonchev–Trinajstić information content (AvgIpc) is 3.36. The van der Waals surface area contributed by atoms with Crippen LogP contribution in [-0.2, 0) is 27.5 Å². The summed E-state index contributed by atoms with van der Waals surface area (Å²) in [5.74, 6) is -0.972. The number of carbonyl (C=O) groups is 3. The highest BCUT2D eigenvalue weighted by molar-refractivity contribution is 7.82. The number of nitrogens with one attached hydrogen (secondary N) is 3. The van der Waals surface area contributed by atoms with Gasteiger partial charge in [-0.15, -0.1) is 12.6 Å². The standard InChI is InChI=1S/C27H38N8O5S/c1-4-20(34-24(36)19(13-17(2)3)33-26(38)40-14-18-9-6-5-7-10-18)27(39,41)25(37)29-11-8-12-35-16-32-21-22(28)30-15-31-23(21)35/h5-7,9-10,15-17,19-20,39,41H,4,8,11-14H2,1-3H3,(H,29,37)(H,33,38)(H,34,36)(H2,28,30,31)/t19-,20-,27+/m0/s1. The van der Waals surface area contributed by atoms with Crippen molar-refractivity contribution in [1.29, 1.82) is 0 Å². The number of fused-ring (bicyclic) bond motifs is 1. The minimum Gasteiger partial charge on any atom is -0.445 e. The van der Waals surface area contributed by atoms with E-state index in [2.05, 4.69) is 43.5 Å². The van der Waals surface area contributed by atoms with Crippen LogP contribution in [-0.4, -0.2) is 66.1 Å². The van der Waals surface area contributed by atoms with Gasteiger partial charge in [-0.2, -0.15) is 0 Å². The lowest BCUT2D eigenvalue weighted by molar-refractivity contribution is -0.135. The molecule has 2 heterocycles. The molecule has 2 aromatic heterocycles. The fraction of sp³-hybridized carbons (Fsp3) is 0.481. The fourth-order valence-corrected chi connectivity index (χ4v) is 4.50. The molecular formula is C27H38N8O5S. The number of aryl methyl sites for hydroxylation is 1. The van der Waals surface area contributed by atoms with Crippen LogP contribution in [0.15, 0.2) is 43.0 Å². The van der Waals surface area contributed by atoms with Crippen LogP contribution in [0.3, 0.4) is 0 Å². The van der Waals surface area contributed by atoms with Crippen LogP contribution in [0.4, 0.5) is 10.6 Å². The van der Waals surface area contributed by atoms with Gasteiger partial charge in [0.1, 0.15) is 24.5 Å². The lowest BCUT2D eigenvalue weighted by atomic mass is 10.0. The normalized spacial score (nSPS) is 14.2. The first-order valence-corrected chi connectivity index (χ1v) is 13.9. The minimum atomic E-state index is -2.20. The molecule has 14 heteroatoms. The Labute approximate surface area is 244 Å². The molecule has 0 fully saturated rings. The predicted molar refractivity (Wildman–Crippen MR) is 157 cm³/mol. The van der Waals surface area contributed by atoms with Gasteiger partial charge in [-0.1, -0.05) is 51.1 Å². The van der Waals surface area contributed by atoms with Gasteiger partial charge < -0.3 is 36.1 Å². The largest absolute Gasteiger partial charge is 0.445 e. The molecule has 0 bridgehead atoms. The molecule has 6 N–H and O–H groups in total. The van der Waals surface area contributed by atoms with Gasteiger partial charge in [-0.3, -0.25) is 9.59 Å². The third-order valence-electron chi connectivity index (χ3n) is 6.36. The van der Waals surface area contributed by atoms with E-state index in [0.717, 1.165) is 5.56 Å². The third-order valence-corrected chi connectivity index (χ3v) is 6.88. The molecule has 0 radical (unpaired) electrons. The van der Waals surface area contributed by atoms with E-state index in [4.69, 9.17) is 10.5 Å². The summed E-state index contributed by atoms with van der Waals surface area (Å²) in [6.45, 7) is 6.27. The molecule has 0 saturated carbocycles. The number of hydrogen-bond donors (Lipinski definition) is 6. The fourth-order valence-electron chi connectivity index (χ4n) is 4.17. The zero-order valence-corrected chi connectivity index (χ0v) is 24.3. The van der Waals surface area contributed by atoms with Gasteiger partial charge >= 0.3 is 6.09 Å². The Morgan fingerprint density at radius 1 is 1.15 bits per heavy atom. The highest BCUT2D eigenvalue weighted by atomic mass is 32.1. The molecule has 3 aromatic rings. The second-order valence-electron chi connectivity index (χ2n) is 10.1. The number of ether oxygens (including phenoxy) is 1. The van der Waals surface area contributed by atoms with Crippen molar-refractivity contribution in [2.24, 2.45) is 5.92 Å². The topological polar surface area (TPSA) is 186 Å². The van der Waals surface area contributed by atoms with Gasteiger partial charge in [-0.25, -0.2) is 19.7 Å². The summed E-state index contributed by atoms with van der Waals surface area (Å²) in [5.41, 5.74) is 7.70. The van der Waals surface area contributed by atoms with Gasteiger partial charge in [0.2, 0.25) is 10.8 Å². The van der Waals surface area contributed by atoms with Crippen molar-refractivity contribution in [3.8, 4) is 0 Å². The summed E-state index contributed by atoms with van der Waals surface area (Å²) in [6, 6.07) is 7.18. The van der Waals surface area contributed by atoms with E-state index in [1.165, 1.54) is 6.33 Å². The first-order chi connectivity index (χ1) is 19.5. The molecule has 0 unspecified atom stereocenters. The number of rotatable bonds is 14. The molecule has 0 aliphatic carbocycles. The molecule has 3 amide bonds. The molecule has 0 aliphatic heterocycles. The van der Waals surface area contributed by atoms with E-state index < -0.39 is 34.9 Å². The SMILES string of the molecule is CC[C@H](NC(=O)[C@H](CC(C)C)NC(=O)OCc1ccccc1)[C@@](O)(S)C(=O)NCCCn1cnc2c(N)ncnc21. The molecule has 3 rings (SSSR count). The number of alkyl carbamates (subject to hydrolysis) is 1. The molecule has 0 aliphatic rings. The Kier molecular flexibility index (Phi) is 11.3. The second-order valence-corrected chi connectivity index (χ2v) is 10.7. The number of anilines is 1. The van der Waals surface area contributed by atoms with Crippen molar-refractivity contribution in [2.75, 3.05) is 12.3 Å². The summed E-state index contributed by atoms with van der Waals surface area (Å²) in [7, 11) is 0. The first kappa shape index (κ1) is 31.6. The Hall–Kier alpha value is -3.91. The molecule has 3 atom stereocenters. The predicted octanol–water partition coefficient (Wildman–Crippen LogP) is 1.77. The quantitative estimate of drug-likeness (QED) is 0.0930. The van der Waals surface area contributed by atoms with E-state index in [0.29, 0.717) is 30.6 Å². The monoisotopic (exact) mass is 586 g/mol. The number of aliphatic hydroxyl groups is 1. The zero-order valence-electron chi connectivity index (χ0n) is 23.4. The van der Waals surface area contributed by atoms with Gasteiger partial charge in [0, 0.05) is 13.1 Å². The lowest BCUT2D eigenvalue weighted by Crippen LogP contribution is -2.60. The van der Waals surface area contributed by atoms with Crippen molar-refractivity contribution in [3.05, 3.63) is 48.5 Å². The van der Waals surface area contributed by atoms with E-state index in [-0.39, 0.29) is 31.3 Å². The van der Waals surface area contributed by atoms with E-state index >= 15 is 0 Å². The Morgan fingerprint density at radius 2 is 1.88 bits per heavy atom. The highest BCUT2D eigenvalue weighted by Gasteiger charge is 2.41. The van der Waals surface area contributed by atoms with Crippen molar-refractivity contribution in [2.45, 2.75) is 70.2 Å². The number of nitrogen functional groups attached to an aromatic ring is 1. The van der Waals surface area contributed by atoms with Gasteiger partial charge in [-0.05, 0) is 30.7 Å². The summed E-state index contributed by atoms with van der Waals surface area (Å²) in [5, 5.41) is 18.9. The number of carbonyl (C=O) groups excluding carboxylic acids is 3. The maximum absolute atomic E-state index is 13.2. The van der Waals surface area contributed by atoms with E-state index in [9.17, 15) is 19.5 Å². The summed E-state index contributed by atoms with van der Waals surface area (Å²) in [4.78, 5) is 48.6. The number of amides is 3. The summed E-state index contributed by atoms with van der Waals surface area (Å²) < 4.78 is 7.05. The molecule has 41 heavy (non-hydrogen) atoms. The van der Waals surface area contributed by atoms with Crippen molar-refractivity contribution < 1.29 is 24.2 Å². The summed E-state index contributed by atoms with van der Waals surface area (Å²) in [6.07, 6.45) is 3.22. The third kappa shape index (κ3) is 8.79. The van der Waals surface area contributed by atoms with Crippen molar-refractivity contribution in [1.82, 2.24) is 35.5 Å². The Balaban J connectivity index is 1.53. The second kappa shape index (κ2) is 14.6. The number of benzene rings is 1. The minimum absolute atomic E-state index is 0.0513. The van der Waals surface area contributed by atoms with Gasteiger partial charge in [0.15, 0.2) is 11.5 Å². The zero-order chi connectivity index (χ0) is 30.0. The average molecular weight is 587 g/mol. The number of thiol groups is 1. The van der Waals surface area contributed by atoms with Crippen molar-refractivity contribution >= 4 is 47.5 Å². The maximum atomic E-state index is 13.2. The van der Waals surface area contributed by atoms with Crippen LogP contribution < -0.4 is 21.7 Å². The molecular weight excluding hydrogens is 548 g/mol. The first-order valence-electron chi connectivity index (χ1n) is 13.4. The lowest BCUT2D eigenvalue weighted by Gasteiger charge is -2.32. The Morgan fingerprint density at radius 3 is 2.56 bits per heavy atom. The van der Waals surface area contributed by atoms with Crippen LogP contribution >= 0.6 is 12.6 Å². The number of nitrogens with two attached hydrogens (primary N) is 1. The van der Waals surface area contributed by atoms with Crippen molar-refractivity contribution in [3.63, 3.8) is 0 Å². The van der Waals surface area contributed by atoms with Crippen LogP contribution in [0, 0.1) is 5.92 Å². The number of nitrogens with zero attached hydrogens (tertiary/aromatic N) is 4.